The Morgan fingerprint density at radius 1 is 1.14 bits per heavy atom. The van der Waals surface area contributed by atoms with E-state index in [0.717, 1.165) is 33.3 Å². The number of alkyl halides is 3. The summed E-state index contributed by atoms with van der Waals surface area (Å²) >= 11 is 0. The molecule has 36 heavy (non-hydrogen) atoms. The number of carboxylic acid groups (broad SMARTS) is 1. The van der Waals surface area contributed by atoms with Crippen LogP contribution in [0.4, 0.5) is 13.2 Å². The molecule has 0 unspecified atom stereocenters. The van der Waals surface area contributed by atoms with Gasteiger partial charge in [-0.3, -0.25) is 9.80 Å². The van der Waals surface area contributed by atoms with Crippen LogP contribution in [0.25, 0.3) is 10.9 Å². The second-order valence-corrected chi connectivity index (χ2v) is 9.06. The molecule has 2 heterocycles. The van der Waals surface area contributed by atoms with Crippen molar-refractivity contribution in [1.29, 1.82) is 0 Å². The number of aromatic carboxylic acids is 1. The average molecular weight is 506 g/mol. The highest BCUT2D eigenvalue weighted by molar-refractivity contribution is 5.91. The fourth-order valence-corrected chi connectivity index (χ4v) is 4.95. The van der Waals surface area contributed by atoms with Crippen molar-refractivity contribution in [1.82, 2.24) is 14.8 Å². The van der Waals surface area contributed by atoms with Gasteiger partial charge >= 0.3 is 12.1 Å². The molecule has 0 aliphatic carbocycles. The molecule has 0 amide bonds. The number of benzene rings is 2. The van der Waals surface area contributed by atoms with Crippen LogP contribution in [-0.2, 0) is 6.54 Å². The summed E-state index contributed by atoms with van der Waals surface area (Å²) in [7, 11) is 3.03. The van der Waals surface area contributed by atoms with E-state index >= 15 is 0 Å². The van der Waals surface area contributed by atoms with Crippen molar-refractivity contribution in [3.8, 4) is 11.5 Å². The Balaban J connectivity index is 1.70. The van der Waals surface area contributed by atoms with Gasteiger partial charge < -0.3 is 19.6 Å². The van der Waals surface area contributed by atoms with Gasteiger partial charge in [0.05, 0.1) is 20.6 Å². The van der Waals surface area contributed by atoms with E-state index in [1.165, 1.54) is 13.2 Å². The predicted octanol–water partition coefficient (Wildman–Crippen LogP) is 5.00. The number of nitrogens with zero attached hydrogens (tertiary/aromatic N) is 2. The van der Waals surface area contributed by atoms with Crippen LogP contribution in [0.3, 0.4) is 0 Å². The fourth-order valence-electron chi connectivity index (χ4n) is 4.95. The summed E-state index contributed by atoms with van der Waals surface area (Å²) in [5.41, 5.74) is 3.87. The Morgan fingerprint density at radius 2 is 1.89 bits per heavy atom. The van der Waals surface area contributed by atoms with E-state index in [2.05, 4.69) is 9.88 Å². The van der Waals surface area contributed by atoms with Crippen molar-refractivity contribution < 1.29 is 32.5 Å². The smallest absolute Gasteiger partial charge is 0.390 e. The summed E-state index contributed by atoms with van der Waals surface area (Å²) in [4.78, 5) is 18.9. The van der Waals surface area contributed by atoms with Crippen LogP contribution in [0.2, 0.25) is 0 Å². The summed E-state index contributed by atoms with van der Waals surface area (Å²) in [6.45, 7) is 3.82. The lowest BCUT2D eigenvalue weighted by Crippen LogP contribution is -2.48. The predicted molar refractivity (Wildman–Crippen MR) is 130 cm³/mol. The number of methoxy groups -OCH3 is 2. The van der Waals surface area contributed by atoms with E-state index in [9.17, 15) is 23.1 Å². The fraction of sp³-hybridized carbons (Fsp3) is 0.423. The van der Waals surface area contributed by atoms with E-state index < -0.39 is 18.6 Å². The molecule has 1 aromatic heterocycles. The molecule has 2 aromatic carbocycles. The molecule has 1 aliphatic rings. The third-order valence-electron chi connectivity index (χ3n) is 6.82. The highest BCUT2D eigenvalue weighted by Crippen LogP contribution is 2.36. The highest BCUT2D eigenvalue weighted by Gasteiger charge is 2.33. The van der Waals surface area contributed by atoms with Gasteiger partial charge in [0, 0.05) is 61.4 Å². The third kappa shape index (κ3) is 5.44. The van der Waals surface area contributed by atoms with E-state index in [0.29, 0.717) is 26.2 Å². The minimum absolute atomic E-state index is 0.0340. The maximum absolute atomic E-state index is 12.9. The SMILES string of the molecule is COc1cc([C@H]2CN(CCC(F)(F)F)CCN2Cc2c(OC)cc(C)c3[nH]ccc23)ccc1C(=O)O. The second kappa shape index (κ2) is 10.4. The van der Waals surface area contributed by atoms with Gasteiger partial charge in [-0.15, -0.1) is 0 Å². The first-order valence-corrected chi connectivity index (χ1v) is 11.7. The summed E-state index contributed by atoms with van der Waals surface area (Å²) < 4.78 is 49.8. The van der Waals surface area contributed by atoms with Crippen molar-refractivity contribution in [2.45, 2.75) is 32.1 Å². The lowest BCUT2D eigenvalue weighted by Gasteiger charge is -2.42. The first-order valence-electron chi connectivity index (χ1n) is 11.7. The van der Waals surface area contributed by atoms with Crippen molar-refractivity contribution in [2.24, 2.45) is 0 Å². The number of carboxylic acids is 1. The van der Waals surface area contributed by atoms with Crippen LogP contribution in [0.1, 0.15) is 39.5 Å². The average Bonchev–Trinajstić information content (AvgIpc) is 3.34. The Labute approximate surface area is 207 Å². The van der Waals surface area contributed by atoms with E-state index in [-0.39, 0.29) is 23.9 Å². The van der Waals surface area contributed by atoms with Crippen molar-refractivity contribution in [3.63, 3.8) is 0 Å². The molecule has 4 rings (SSSR count). The quantitative estimate of drug-likeness (QED) is 0.449. The maximum atomic E-state index is 12.9. The highest BCUT2D eigenvalue weighted by atomic mass is 19.4. The largest absolute Gasteiger partial charge is 0.496 e. The molecule has 0 saturated carbocycles. The molecule has 194 valence electrons. The van der Waals surface area contributed by atoms with Crippen molar-refractivity contribution >= 4 is 16.9 Å². The molecule has 1 fully saturated rings. The zero-order valence-electron chi connectivity index (χ0n) is 20.5. The number of carbonyl (C=O) groups is 1. The van der Waals surface area contributed by atoms with Gasteiger partial charge in [0.25, 0.3) is 0 Å². The first-order chi connectivity index (χ1) is 17.1. The summed E-state index contributed by atoms with van der Waals surface area (Å²) in [6, 6.07) is 8.58. The minimum atomic E-state index is -4.23. The normalized spacial score (nSPS) is 17.4. The first kappa shape index (κ1) is 25.8. The van der Waals surface area contributed by atoms with E-state index in [4.69, 9.17) is 9.47 Å². The number of aromatic nitrogens is 1. The molecule has 3 aromatic rings. The molecule has 0 radical (unpaired) electrons. The van der Waals surface area contributed by atoms with Crippen LogP contribution < -0.4 is 9.47 Å². The molecule has 1 atom stereocenters. The van der Waals surface area contributed by atoms with Crippen molar-refractivity contribution in [2.75, 3.05) is 40.4 Å². The van der Waals surface area contributed by atoms with Crippen LogP contribution in [0, 0.1) is 6.92 Å². The summed E-state index contributed by atoms with van der Waals surface area (Å²) in [5, 5.41) is 10.5. The van der Waals surface area contributed by atoms with Crippen LogP contribution in [0.5, 0.6) is 11.5 Å². The number of rotatable bonds is 8. The number of H-pyrrole nitrogens is 1. The van der Waals surface area contributed by atoms with Crippen LogP contribution in [0.15, 0.2) is 36.5 Å². The van der Waals surface area contributed by atoms with Gasteiger partial charge in [0.2, 0.25) is 0 Å². The number of piperazine rings is 1. The molecule has 2 N–H and O–H groups in total. The molecule has 7 nitrogen and oxygen atoms in total. The Kier molecular flexibility index (Phi) is 7.46. The standard InChI is InChI=1S/C26H30F3N3O4/c1-16-12-22(35-2)20(18-6-8-30-24(16)18)14-32-11-10-31(9-7-26(27,28)29)15-21(32)17-4-5-19(25(33)34)23(13-17)36-3/h4-6,8,12-13,21,30H,7,9-11,14-15H2,1-3H3,(H,33,34)/t21-/m1/s1. The summed E-state index contributed by atoms with van der Waals surface area (Å²) in [6.07, 6.45) is -3.23. The Hall–Kier alpha value is -3.24. The minimum Gasteiger partial charge on any atom is -0.496 e. The van der Waals surface area contributed by atoms with Gasteiger partial charge in [-0.2, -0.15) is 13.2 Å². The number of hydrogen-bond donors (Lipinski definition) is 2. The van der Waals surface area contributed by atoms with Crippen molar-refractivity contribution in [3.05, 3.63) is 58.8 Å². The Morgan fingerprint density at radius 3 is 2.56 bits per heavy atom. The second-order valence-electron chi connectivity index (χ2n) is 9.06. The van der Waals surface area contributed by atoms with E-state index in [1.54, 1.807) is 19.2 Å². The third-order valence-corrected chi connectivity index (χ3v) is 6.82. The molecule has 10 heteroatoms. The zero-order chi connectivity index (χ0) is 26.0. The number of halogens is 3. The van der Waals surface area contributed by atoms with Crippen LogP contribution in [-0.4, -0.2) is 72.4 Å². The number of hydrogen-bond acceptors (Lipinski definition) is 5. The zero-order valence-corrected chi connectivity index (χ0v) is 20.5. The number of ether oxygens (including phenoxy) is 2. The van der Waals surface area contributed by atoms with Gasteiger partial charge in [-0.1, -0.05) is 6.07 Å². The molecule has 1 saturated heterocycles. The molecule has 1 aliphatic heterocycles. The van der Waals surface area contributed by atoms with Crippen LogP contribution >= 0.6 is 0 Å². The Bertz CT molecular complexity index is 1240. The van der Waals surface area contributed by atoms with Gasteiger partial charge in [-0.25, -0.2) is 4.79 Å². The molecule has 0 bridgehead atoms. The lowest BCUT2D eigenvalue weighted by atomic mass is 9.97. The molecule has 0 spiro atoms. The van der Waals surface area contributed by atoms with Gasteiger partial charge in [0.1, 0.15) is 17.1 Å². The topological polar surface area (TPSA) is 78.0 Å². The van der Waals surface area contributed by atoms with E-state index in [1.807, 2.05) is 30.2 Å². The van der Waals surface area contributed by atoms with Gasteiger partial charge in [-0.05, 0) is 42.3 Å². The number of nitrogens with one attached hydrogen (secondary N) is 1. The number of aromatic amines is 1. The number of aryl methyl sites for hydroxylation is 1. The summed E-state index contributed by atoms with van der Waals surface area (Å²) in [5.74, 6) is -0.144. The number of fused-ring (bicyclic) bond motifs is 1. The monoisotopic (exact) mass is 505 g/mol. The molecular formula is C26H30F3N3O4. The maximum Gasteiger partial charge on any atom is 0.390 e. The lowest BCUT2D eigenvalue weighted by molar-refractivity contribution is -0.139. The molecular weight excluding hydrogens is 475 g/mol. The van der Waals surface area contributed by atoms with Gasteiger partial charge in [0.15, 0.2) is 0 Å².